The van der Waals surface area contributed by atoms with Crippen LogP contribution in [0, 0.1) is 0 Å². The molecule has 3 nitrogen and oxygen atoms in total. The van der Waals surface area contributed by atoms with Crippen molar-refractivity contribution in [1.29, 1.82) is 0 Å². The number of benzene rings is 1. The van der Waals surface area contributed by atoms with Crippen molar-refractivity contribution >= 4 is 33.5 Å². The van der Waals surface area contributed by atoms with Crippen molar-refractivity contribution in [3.63, 3.8) is 0 Å². The lowest BCUT2D eigenvalue weighted by molar-refractivity contribution is 0.102. The molecular formula is C12H15BrO3S. The van der Waals surface area contributed by atoms with E-state index >= 15 is 0 Å². The highest BCUT2D eigenvalue weighted by atomic mass is 79.9. The van der Waals surface area contributed by atoms with Crippen LogP contribution in [-0.4, -0.2) is 35.6 Å². The Kier molecular flexibility index (Phi) is 6.02. The summed E-state index contributed by atoms with van der Waals surface area (Å²) in [6.45, 7) is 1.98. The first-order valence-corrected chi connectivity index (χ1v) is 7.02. The van der Waals surface area contributed by atoms with Crippen LogP contribution in [0.25, 0.3) is 0 Å². The first kappa shape index (κ1) is 14.5. The summed E-state index contributed by atoms with van der Waals surface area (Å²) in [7, 11) is 1.58. The first-order chi connectivity index (χ1) is 8.08. The quantitative estimate of drug-likeness (QED) is 0.819. The Balaban J connectivity index is 2.66. The lowest BCUT2D eigenvalue weighted by Crippen LogP contribution is -2.09. The van der Waals surface area contributed by atoms with Gasteiger partial charge in [-0.05, 0) is 34.1 Å². The highest BCUT2D eigenvalue weighted by molar-refractivity contribution is 9.10. The SMILES string of the molecule is COc1ccc(C(=O)CSC(C)CO)cc1Br. The van der Waals surface area contributed by atoms with Crippen LogP contribution in [0.4, 0.5) is 0 Å². The molecule has 17 heavy (non-hydrogen) atoms. The van der Waals surface area contributed by atoms with Gasteiger partial charge in [-0.1, -0.05) is 6.92 Å². The van der Waals surface area contributed by atoms with Gasteiger partial charge in [0.25, 0.3) is 0 Å². The molecule has 0 amide bonds. The van der Waals surface area contributed by atoms with Crippen LogP contribution in [0.15, 0.2) is 22.7 Å². The molecule has 0 saturated carbocycles. The Morgan fingerprint density at radius 1 is 1.59 bits per heavy atom. The number of ether oxygens (including phenoxy) is 1. The molecule has 1 N–H and O–H groups in total. The highest BCUT2D eigenvalue weighted by Gasteiger charge is 2.10. The van der Waals surface area contributed by atoms with Crippen molar-refractivity contribution < 1.29 is 14.6 Å². The molecule has 0 spiro atoms. The summed E-state index contributed by atoms with van der Waals surface area (Å²) in [6, 6.07) is 5.26. The average molecular weight is 319 g/mol. The molecule has 0 saturated heterocycles. The third-order valence-electron chi connectivity index (χ3n) is 2.23. The van der Waals surface area contributed by atoms with E-state index in [0.29, 0.717) is 17.1 Å². The molecule has 0 bridgehead atoms. The van der Waals surface area contributed by atoms with Crippen molar-refractivity contribution in [2.45, 2.75) is 12.2 Å². The zero-order chi connectivity index (χ0) is 12.8. The summed E-state index contributed by atoms with van der Waals surface area (Å²) in [4.78, 5) is 11.9. The Morgan fingerprint density at radius 2 is 2.29 bits per heavy atom. The molecule has 0 aliphatic carbocycles. The number of halogens is 1. The Hall–Kier alpha value is -0.520. The number of hydrogen-bond donors (Lipinski definition) is 1. The zero-order valence-electron chi connectivity index (χ0n) is 9.77. The fourth-order valence-electron chi connectivity index (χ4n) is 1.19. The molecule has 0 aliphatic rings. The van der Waals surface area contributed by atoms with Gasteiger partial charge in [-0.2, -0.15) is 0 Å². The fourth-order valence-corrected chi connectivity index (χ4v) is 2.44. The number of thioether (sulfide) groups is 1. The van der Waals surface area contributed by atoms with Crippen LogP contribution in [0.1, 0.15) is 17.3 Å². The molecule has 1 aromatic rings. The normalized spacial score (nSPS) is 12.2. The lowest BCUT2D eigenvalue weighted by Gasteiger charge is -2.08. The maximum atomic E-state index is 11.9. The number of aliphatic hydroxyl groups is 1. The summed E-state index contributed by atoms with van der Waals surface area (Å²) in [5, 5.41) is 8.96. The third kappa shape index (κ3) is 4.33. The molecule has 0 aliphatic heterocycles. The van der Waals surface area contributed by atoms with Crippen molar-refractivity contribution in [3.8, 4) is 5.75 Å². The second kappa shape index (κ2) is 7.03. The Morgan fingerprint density at radius 3 is 2.82 bits per heavy atom. The highest BCUT2D eigenvalue weighted by Crippen LogP contribution is 2.26. The van der Waals surface area contributed by atoms with E-state index in [1.807, 2.05) is 6.92 Å². The van der Waals surface area contributed by atoms with Gasteiger partial charge < -0.3 is 9.84 Å². The molecule has 0 aromatic heterocycles. The maximum absolute atomic E-state index is 11.9. The number of ketones is 1. The maximum Gasteiger partial charge on any atom is 0.172 e. The second-order valence-corrected chi connectivity index (χ2v) is 5.86. The number of rotatable bonds is 6. The molecule has 0 radical (unpaired) electrons. The standard InChI is InChI=1S/C12H15BrO3S/c1-8(6-14)17-7-11(15)9-3-4-12(16-2)10(13)5-9/h3-5,8,14H,6-7H2,1-2H3. The van der Waals surface area contributed by atoms with E-state index in [4.69, 9.17) is 9.84 Å². The van der Waals surface area contributed by atoms with Crippen LogP contribution >= 0.6 is 27.7 Å². The predicted molar refractivity (Wildman–Crippen MR) is 74.0 cm³/mol. The summed E-state index contributed by atoms with van der Waals surface area (Å²) < 4.78 is 5.87. The minimum atomic E-state index is 0.0543. The van der Waals surface area contributed by atoms with Gasteiger partial charge in [0.05, 0.1) is 23.9 Å². The zero-order valence-corrected chi connectivity index (χ0v) is 12.2. The second-order valence-electron chi connectivity index (χ2n) is 3.58. The molecule has 0 heterocycles. The lowest BCUT2D eigenvalue weighted by atomic mass is 10.1. The van der Waals surface area contributed by atoms with E-state index in [1.165, 1.54) is 11.8 Å². The van der Waals surface area contributed by atoms with Gasteiger partial charge in [-0.3, -0.25) is 4.79 Å². The van der Waals surface area contributed by atoms with E-state index in [2.05, 4.69) is 15.9 Å². The molecule has 1 rings (SSSR count). The van der Waals surface area contributed by atoms with Crippen molar-refractivity contribution in [1.82, 2.24) is 0 Å². The third-order valence-corrected chi connectivity index (χ3v) is 4.00. The van der Waals surface area contributed by atoms with Gasteiger partial charge in [0.1, 0.15) is 5.75 Å². The number of methoxy groups -OCH3 is 1. The van der Waals surface area contributed by atoms with Crippen molar-refractivity contribution in [3.05, 3.63) is 28.2 Å². The smallest absolute Gasteiger partial charge is 0.172 e. The van der Waals surface area contributed by atoms with Gasteiger partial charge in [0.15, 0.2) is 5.78 Å². The van der Waals surface area contributed by atoms with E-state index in [1.54, 1.807) is 25.3 Å². The fraction of sp³-hybridized carbons (Fsp3) is 0.417. The number of carbonyl (C=O) groups excluding carboxylic acids is 1. The Labute approximate surface area is 114 Å². The van der Waals surface area contributed by atoms with Crippen molar-refractivity contribution in [2.24, 2.45) is 0 Å². The topological polar surface area (TPSA) is 46.5 Å². The molecule has 0 fully saturated rings. The van der Waals surface area contributed by atoms with Crippen LogP contribution < -0.4 is 4.74 Å². The molecule has 5 heteroatoms. The van der Waals surface area contributed by atoms with Gasteiger partial charge >= 0.3 is 0 Å². The molecule has 1 unspecified atom stereocenters. The summed E-state index contributed by atoms with van der Waals surface area (Å²) >= 11 is 4.79. The minimum Gasteiger partial charge on any atom is -0.496 e. The number of hydrogen-bond acceptors (Lipinski definition) is 4. The number of Topliss-reactive ketones (excluding diaryl/α,β-unsaturated/α-hetero) is 1. The number of carbonyl (C=O) groups is 1. The van der Waals surface area contributed by atoms with Gasteiger partial charge in [-0.15, -0.1) is 11.8 Å². The van der Waals surface area contributed by atoms with Gasteiger partial charge in [0, 0.05) is 10.8 Å². The largest absolute Gasteiger partial charge is 0.496 e. The number of aliphatic hydroxyl groups excluding tert-OH is 1. The minimum absolute atomic E-state index is 0.0543. The van der Waals surface area contributed by atoms with E-state index in [-0.39, 0.29) is 17.6 Å². The summed E-state index contributed by atoms with van der Waals surface area (Å²) in [5.41, 5.74) is 0.648. The van der Waals surface area contributed by atoms with Crippen LogP contribution in [0.5, 0.6) is 5.75 Å². The first-order valence-electron chi connectivity index (χ1n) is 5.17. The molecule has 1 aromatic carbocycles. The van der Waals surface area contributed by atoms with E-state index < -0.39 is 0 Å². The van der Waals surface area contributed by atoms with E-state index in [9.17, 15) is 4.79 Å². The van der Waals surface area contributed by atoms with E-state index in [0.717, 1.165) is 4.47 Å². The molecular weight excluding hydrogens is 304 g/mol. The molecule has 1 atom stereocenters. The van der Waals surface area contributed by atoms with Gasteiger partial charge in [-0.25, -0.2) is 0 Å². The Bertz CT molecular complexity index is 395. The van der Waals surface area contributed by atoms with Crippen molar-refractivity contribution in [2.75, 3.05) is 19.5 Å². The van der Waals surface area contributed by atoms with Crippen LogP contribution in [0.3, 0.4) is 0 Å². The summed E-state index contributed by atoms with van der Waals surface area (Å²) in [5.74, 6) is 1.14. The predicted octanol–water partition coefficient (Wildman–Crippen LogP) is 2.75. The average Bonchev–Trinajstić information content (AvgIpc) is 2.35. The monoisotopic (exact) mass is 318 g/mol. The van der Waals surface area contributed by atoms with Crippen LogP contribution in [0.2, 0.25) is 0 Å². The summed E-state index contributed by atoms with van der Waals surface area (Å²) in [6.07, 6.45) is 0. The van der Waals surface area contributed by atoms with Crippen LogP contribution in [-0.2, 0) is 0 Å². The van der Waals surface area contributed by atoms with Gasteiger partial charge in [0.2, 0.25) is 0 Å². The molecule has 94 valence electrons.